The van der Waals surface area contributed by atoms with Gasteiger partial charge in [0.1, 0.15) is 0 Å². The molecule has 0 bridgehead atoms. The quantitative estimate of drug-likeness (QED) is 0.196. The number of rotatable bonds is 5. The third-order valence-corrected chi connectivity index (χ3v) is 8.97. The molecule has 0 saturated heterocycles. The summed E-state index contributed by atoms with van der Waals surface area (Å²) in [6.07, 6.45) is 5.83. The average molecular weight is 561 g/mol. The van der Waals surface area contributed by atoms with Gasteiger partial charge in [-0.3, -0.25) is 0 Å². The lowest BCUT2D eigenvalue weighted by molar-refractivity contribution is 0.872. The second kappa shape index (κ2) is 11.3. The molecule has 0 spiro atoms. The zero-order valence-electron chi connectivity index (χ0n) is 24.5. The van der Waals surface area contributed by atoms with Gasteiger partial charge in [-0.15, -0.1) is 0 Å². The minimum atomic E-state index is 0.304. The van der Waals surface area contributed by atoms with Crippen molar-refractivity contribution in [1.29, 1.82) is 0 Å². The fourth-order valence-electron chi connectivity index (χ4n) is 6.61. The highest BCUT2D eigenvalue weighted by atomic mass is 14.2. The van der Waals surface area contributed by atoms with E-state index in [2.05, 4.69) is 176 Å². The van der Waals surface area contributed by atoms with Crippen LogP contribution in [0.3, 0.4) is 0 Å². The Morgan fingerprint density at radius 1 is 0.364 bits per heavy atom. The zero-order chi connectivity index (χ0) is 29.3. The van der Waals surface area contributed by atoms with Gasteiger partial charge < -0.3 is 0 Å². The van der Waals surface area contributed by atoms with Crippen LogP contribution >= 0.6 is 0 Å². The van der Waals surface area contributed by atoms with Gasteiger partial charge >= 0.3 is 0 Å². The van der Waals surface area contributed by atoms with E-state index in [0.29, 0.717) is 5.92 Å². The van der Waals surface area contributed by atoms with Crippen molar-refractivity contribution in [2.75, 3.05) is 0 Å². The maximum absolute atomic E-state index is 2.46. The highest BCUT2D eigenvalue weighted by Gasteiger charge is 2.20. The van der Waals surface area contributed by atoms with Gasteiger partial charge in [-0.1, -0.05) is 158 Å². The van der Waals surface area contributed by atoms with Crippen LogP contribution in [0, 0.1) is 0 Å². The third-order valence-electron chi connectivity index (χ3n) is 8.97. The van der Waals surface area contributed by atoms with E-state index in [1.54, 1.807) is 0 Å². The lowest BCUT2D eigenvalue weighted by Gasteiger charge is -2.24. The molecule has 7 aromatic rings. The second-order valence-corrected chi connectivity index (χ2v) is 11.8. The molecule has 1 aliphatic rings. The van der Waals surface area contributed by atoms with Crippen molar-refractivity contribution in [1.82, 2.24) is 0 Å². The molecule has 7 aromatic carbocycles. The van der Waals surface area contributed by atoms with Crippen LogP contribution in [0.5, 0.6) is 0 Å². The molecule has 0 heterocycles. The summed E-state index contributed by atoms with van der Waals surface area (Å²) >= 11 is 0. The van der Waals surface area contributed by atoms with Gasteiger partial charge in [-0.2, -0.15) is 0 Å². The van der Waals surface area contributed by atoms with Gasteiger partial charge in [0.15, 0.2) is 0 Å². The maximum atomic E-state index is 2.46. The van der Waals surface area contributed by atoms with Gasteiger partial charge in [0, 0.05) is 5.92 Å². The number of benzene rings is 7. The molecule has 0 N–H and O–H groups in total. The zero-order valence-corrected chi connectivity index (χ0v) is 24.5. The van der Waals surface area contributed by atoms with Gasteiger partial charge in [-0.05, 0) is 96.3 Å². The number of fused-ring (bicyclic) bond motifs is 2. The lowest BCUT2D eigenvalue weighted by Crippen LogP contribution is -2.04. The van der Waals surface area contributed by atoms with Gasteiger partial charge in [0.25, 0.3) is 0 Å². The minimum Gasteiger partial charge on any atom is -0.0688 e. The highest BCUT2D eigenvalue weighted by molar-refractivity contribution is 5.92. The van der Waals surface area contributed by atoms with Crippen LogP contribution in [0.25, 0.3) is 54.9 Å². The van der Waals surface area contributed by atoms with Crippen molar-refractivity contribution in [3.63, 3.8) is 0 Å². The Kier molecular flexibility index (Phi) is 6.74. The van der Waals surface area contributed by atoms with E-state index in [1.807, 2.05) is 0 Å². The summed E-state index contributed by atoms with van der Waals surface area (Å²) < 4.78 is 0. The summed E-state index contributed by atoms with van der Waals surface area (Å²) in [6, 6.07) is 59.7. The van der Waals surface area contributed by atoms with E-state index in [4.69, 9.17) is 0 Å². The van der Waals surface area contributed by atoms with Crippen molar-refractivity contribution < 1.29 is 0 Å². The van der Waals surface area contributed by atoms with Crippen molar-refractivity contribution in [3.05, 3.63) is 193 Å². The standard InChI is InChI=1S/C44H32/c1-3-10-31(11-4-1)37-20-21-40-27-38(22-23-39(40)26-37)35-16-9-17-36(25-35)43-28-42(32-12-5-2-6-13-32)29-44(30-43)41-19-18-33-14-7-8-15-34(33)24-41/h1-29,44H,30H2. The summed E-state index contributed by atoms with van der Waals surface area (Å²) in [4.78, 5) is 0. The molecule has 1 aliphatic carbocycles. The molecular formula is C44H32. The summed E-state index contributed by atoms with van der Waals surface area (Å²) in [5.41, 5.74) is 11.6. The lowest BCUT2D eigenvalue weighted by atomic mass is 9.80. The molecule has 1 atom stereocenters. The molecule has 44 heavy (non-hydrogen) atoms. The van der Waals surface area contributed by atoms with Crippen LogP contribution in [0.2, 0.25) is 0 Å². The van der Waals surface area contributed by atoms with Crippen molar-refractivity contribution >= 4 is 32.7 Å². The highest BCUT2D eigenvalue weighted by Crippen LogP contribution is 2.40. The summed E-state index contributed by atoms with van der Waals surface area (Å²) in [7, 11) is 0. The fraction of sp³-hybridized carbons (Fsp3) is 0.0455. The topological polar surface area (TPSA) is 0 Å². The molecule has 0 nitrogen and oxygen atoms in total. The average Bonchev–Trinajstić information content (AvgIpc) is 3.11. The van der Waals surface area contributed by atoms with E-state index in [0.717, 1.165) is 6.42 Å². The van der Waals surface area contributed by atoms with Crippen LogP contribution in [0.1, 0.15) is 29.0 Å². The molecule has 0 heteroatoms. The monoisotopic (exact) mass is 560 g/mol. The Morgan fingerprint density at radius 3 is 1.66 bits per heavy atom. The van der Waals surface area contributed by atoms with Crippen LogP contribution in [-0.2, 0) is 0 Å². The summed E-state index contributed by atoms with van der Waals surface area (Å²) in [5.74, 6) is 0.304. The minimum absolute atomic E-state index is 0.304. The molecule has 0 fully saturated rings. The molecule has 0 saturated carbocycles. The van der Waals surface area contributed by atoms with Crippen molar-refractivity contribution in [3.8, 4) is 22.3 Å². The van der Waals surface area contributed by atoms with Gasteiger partial charge in [0.2, 0.25) is 0 Å². The SMILES string of the molecule is C1=C(c2ccccc2)C=C(c2cccc(-c3ccc4cc(-c5ccccc5)ccc4c3)c2)CC1c1ccc2ccccc2c1. The van der Waals surface area contributed by atoms with Crippen molar-refractivity contribution in [2.24, 2.45) is 0 Å². The maximum Gasteiger partial charge on any atom is 0.00680 e. The van der Waals surface area contributed by atoms with E-state index < -0.39 is 0 Å². The number of allylic oxidation sites excluding steroid dienone is 4. The Morgan fingerprint density at radius 2 is 0.909 bits per heavy atom. The Hall–Kier alpha value is -5.46. The molecule has 0 radical (unpaired) electrons. The Bertz CT molecular complexity index is 2180. The van der Waals surface area contributed by atoms with Gasteiger partial charge in [-0.25, -0.2) is 0 Å². The first-order valence-corrected chi connectivity index (χ1v) is 15.4. The van der Waals surface area contributed by atoms with Crippen LogP contribution in [-0.4, -0.2) is 0 Å². The molecule has 0 amide bonds. The number of hydrogen-bond acceptors (Lipinski definition) is 0. The molecular weight excluding hydrogens is 528 g/mol. The third kappa shape index (κ3) is 5.16. The smallest absolute Gasteiger partial charge is 0.00680 e. The van der Waals surface area contributed by atoms with Crippen molar-refractivity contribution in [2.45, 2.75) is 12.3 Å². The Balaban J connectivity index is 1.15. The second-order valence-electron chi connectivity index (χ2n) is 11.8. The first-order valence-electron chi connectivity index (χ1n) is 15.4. The number of hydrogen-bond donors (Lipinski definition) is 0. The van der Waals surface area contributed by atoms with Crippen LogP contribution in [0.4, 0.5) is 0 Å². The first kappa shape index (κ1) is 26.2. The van der Waals surface area contributed by atoms with Gasteiger partial charge in [0.05, 0.1) is 0 Å². The molecule has 0 aromatic heterocycles. The summed E-state index contributed by atoms with van der Waals surface area (Å²) in [5, 5.41) is 5.10. The molecule has 1 unspecified atom stereocenters. The largest absolute Gasteiger partial charge is 0.0688 e. The predicted molar refractivity (Wildman–Crippen MR) is 189 cm³/mol. The normalized spacial score (nSPS) is 14.8. The molecule has 208 valence electrons. The fourth-order valence-corrected chi connectivity index (χ4v) is 6.61. The van der Waals surface area contributed by atoms with E-state index in [9.17, 15) is 0 Å². The van der Waals surface area contributed by atoms with E-state index in [-0.39, 0.29) is 0 Å². The van der Waals surface area contributed by atoms with E-state index >= 15 is 0 Å². The molecule has 0 aliphatic heterocycles. The predicted octanol–water partition coefficient (Wildman–Crippen LogP) is 12.0. The summed E-state index contributed by atoms with van der Waals surface area (Å²) in [6.45, 7) is 0. The van der Waals surface area contributed by atoms with Crippen LogP contribution < -0.4 is 0 Å². The Labute approximate surface area is 259 Å². The first-order chi connectivity index (χ1) is 21.8. The van der Waals surface area contributed by atoms with E-state index in [1.165, 1.54) is 71.6 Å². The molecule has 8 rings (SSSR count). The van der Waals surface area contributed by atoms with Crippen LogP contribution in [0.15, 0.2) is 176 Å².